The van der Waals surface area contributed by atoms with Gasteiger partial charge in [-0.3, -0.25) is 0 Å². The summed E-state index contributed by atoms with van der Waals surface area (Å²) in [6.45, 7) is 3.10. The first-order valence-corrected chi connectivity index (χ1v) is 5.69. The highest BCUT2D eigenvalue weighted by molar-refractivity contribution is 8.00. The fraction of sp³-hybridized carbons (Fsp3) is 1.00. The van der Waals surface area contributed by atoms with E-state index >= 15 is 0 Å². The molecular weight excluding hydrogens is 180 g/mol. The Labute approximate surface area is 77.8 Å². The minimum Gasteiger partial charge on any atom is -0.364 e. The van der Waals surface area contributed by atoms with E-state index in [0.29, 0.717) is 0 Å². The van der Waals surface area contributed by atoms with Crippen LogP contribution in [0.4, 0.5) is 0 Å². The van der Waals surface area contributed by atoms with Crippen molar-refractivity contribution in [2.75, 3.05) is 18.2 Å². The van der Waals surface area contributed by atoms with Gasteiger partial charge in [0.2, 0.25) is 0 Å². The Morgan fingerprint density at radius 2 is 2.45 bits per heavy atom. The lowest BCUT2D eigenvalue weighted by molar-refractivity contribution is 0.0419. The Morgan fingerprint density at radius 1 is 1.64 bits per heavy atom. The van der Waals surface area contributed by atoms with E-state index in [1.807, 2.05) is 11.8 Å². The predicted molar refractivity (Wildman–Crippen MR) is 51.4 cm³/mol. The third kappa shape index (κ3) is 2.53. The van der Waals surface area contributed by atoms with Crippen LogP contribution in [0.25, 0.3) is 0 Å². The predicted octanol–water partition coefficient (Wildman–Crippen LogP) is 2.88. The van der Waals surface area contributed by atoms with Crippen LogP contribution < -0.4 is 0 Å². The summed E-state index contributed by atoms with van der Waals surface area (Å²) in [5.74, 6) is 1.90. The summed E-state index contributed by atoms with van der Waals surface area (Å²) in [5.41, 5.74) is 0. The maximum Gasteiger partial charge on any atom is 0.113 e. The van der Waals surface area contributed by atoms with E-state index in [4.69, 9.17) is 16.3 Å². The summed E-state index contributed by atoms with van der Waals surface area (Å²) < 4.78 is 5.70. The molecule has 1 heterocycles. The zero-order chi connectivity index (χ0) is 8.16. The SMILES string of the molecule is CCC1(CCCCl)OCCS1. The van der Waals surface area contributed by atoms with Crippen molar-refractivity contribution in [2.24, 2.45) is 0 Å². The van der Waals surface area contributed by atoms with Crippen molar-refractivity contribution in [1.82, 2.24) is 0 Å². The van der Waals surface area contributed by atoms with Gasteiger partial charge in [-0.1, -0.05) is 6.92 Å². The topological polar surface area (TPSA) is 9.23 Å². The third-order valence-corrected chi connectivity index (χ3v) is 3.82. The Morgan fingerprint density at radius 3 is 2.91 bits per heavy atom. The molecule has 11 heavy (non-hydrogen) atoms. The minimum atomic E-state index is 0.120. The number of hydrogen-bond donors (Lipinski definition) is 0. The lowest BCUT2D eigenvalue weighted by Gasteiger charge is -2.25. The van der Waals surface area contributed by atoms with Gasteiger partial charge in [0.25, 0.3) is 0 Å². The lowest BCUT2D eigenvalue weighted by Crippen LogP contribution is -2.22. The lowest BCUT2D eigenvalue weighted by atomic mass is 10.1. The highest BCUT2D eigenvalue weighted by atomic mass is 35.5. The van der Waals surface area contributed by atoms with E-state index in [9.17, 15) is 0 Å². The van der Waals surface area contributed by atoms with Gasteiger partial charge >= 0.3 is 0 Å². The Balaban J connectivity index is 2.33. The molecule has 0 amide bonds. The van der Waals surface area contributed by atoms with Crippen LogP contribution in [0.1, 0.15) is 26.2 Å². The fourth-order valence-corrected chi connectivity index (χ4v) is 2.69. The van der Waals surface area contributed by atoms with E-state index in [2.05, 4.69) is 6.92 Å². The standard InChI is InChI=1S/C8H15ClOS/c1-2-8(4-3-5-9)10-6-7-11-8/h2-7H2,1H3. The fourth-order valence-electron chi connectivity index (χ4n) is 1.36. The molecule has 0 radical (unpaired) electrons. The summed E-state index contributed by atoms with van der Waals surface area (Å²) in [7, 11) is 0. The minimum absolute atomic E-state index is 0.120. The van der Waals surface area contributed by atoms with Gasteiger partial charge in [0.1, 0.15) is 4.93 Å². The summed E-state index contributed by atoms with van der Waals surface area (Å²) in [5, 5.41) is 0. The van der Waals surface area contributed by atoms with E-state index in [1.54, 1.807) is 0 Å². The largest absolute Gasteiger partial charge is 0.364 e. The number of hydrogen-bond acceptors (Lipinski definition) is 2. The molecule has 1 saturated heterocycles. The molecule has 0 aromatic rings. The van der Waals surface area contributed by atoms with Gasteiger partial charge in [0.05, 0.1) is 6.61 Å². The molecule has 1 nitrogen and oxygen atoms in total. The molecule has 0 aliphatic carbocycles. The summed E-state index contributed by atoms with van der Waals surface area (Å²) in [4.78, 5) is 0.120. The van der Waals surface area contributed by atoms with Crippen molar-refractivity contribution < 1.29 is 4.74 Å². The van der Waals surface area contributed by atoms with Crippen LogP contribution in [0.15, 0.2) is 0 Å². The average Bonchev–Trinajstić information content (AvgIpc) is 2.50. The number of alkyl halides is 1. The van der Waals surface area contributed by atoms with Crippen molar-refractivity contribution in [1.29, 1.82) is 0 Å². The van der Waals surface area contributed by atoms with Crippen LogP contribution in [0, 0.1) is 0 Å². The number of ether oxygens (including phenoxy) is 1. The molecule has 0 bridgehead atoms. The van der Waals surface area contributed by atoms with E-state index < -0.39 is 0 Å². The molecule has 1 rings (SSSR count). The second-order valence-electron chi connectivity index (χ2n) is 2.75. The van der Waals surface area contributed by atoms with Gasteiger partial charge in [-0.25, -0.2) is 0 Å². The van der Waals surface area contributed by atoms with E-state index in [-0.39, 0.29) is 4.93 Å². The molecule has 1 fully saturated rings. The maximum absolute atomic E-state index is 5.70. The molecule has 1 aliphatic heterocycles. The number of halogens is 1. The molecule has 1 unspecified atom stereocenters. The Bertz CT molecular complexity index is 113. The van der Waals surface area contributed by atoms with Crippen LogP contribution in [-0.2, 0) is 4.74 Å². The normalized spacial score (nSPS) is 31.1. The molecule has 1 aliphatic rings. The second kappa shape index (κ2) is 4.58. The first-order valence-electron chi connectivity index (χ1n) is 4.17. The van der Waals surface area contributed by atoms with Gasteiger partial charge < -0.3 is 4.74 Å². The van der Waals surface area contributed by atoms with Crippen LogP contribution >= 0.6 is 23.4 Å². The Kier molecular flexibility index (Phi) is 4.04. The van der Waals surface area contributed by atoms with Gasteiger partial charge in [0.15, 0.2) is 0 Å². The second-order valence-corrected chi connectivity index (χ2v) is 4.57. The third-order valence-electron chi connectivity index (χ3n) is 2.04. The monoisotopic (exact) mass is 194 g/mol. The molecule has 0 spiro atoms. The first kappa shape index (κ1) is 9.69. The van der Waals surface area contributed by atoms with Gasteiger partial charge in [-0.05, 0) is 19.3 Å². The van der Waals surface area contributed by atoms with Gasteiger partial charge in [-0.15, -0.1) is 23.4 Å². The molecule has 0 aromatic heterocycles. The molecule has 0 N–H and O–H groups in total. The van der Waals surface area contributed by atoms with Gasteiger partial charge in [-0.2, -0.15) is 0 Å². The average molecular weight is 195 g/mol. The molecule has 1 atom stereocenters. The number of rotatable bonds is 4. The van der Waals surface area contributed by atoms with Crippen molar-refractivity contribution >= 4 is 23.4 Å². The zero-order valence-electron chi connectivity index (χ0n) is 6.94. The summed E-state index contributed by atoms with van der Waals surface area (Å²) in [6.07, 6.45) is 3.29. The van der Waals surface area contributed by atoms with Crippen molar-refractivity contribution in [2.45, 2.75) is 31.1 Å². The summed E-state index contributed by atoms with van der Waals surface area (Å²) in [6, 6.07) is 0. The van der Waals surface area contributed by atoms with E-state index in [0.717, 1.165) is 37.5 Å². The quantitative estimate of drug-likeness (QED) is 0.637. The molecule has 0 saturated carbocycles. The highest BCUT2D eigenvalue weighted by Gasteiger charge is 2.32. The molecule has 3 heteroatoms. The van der Waals surface area contributed by atoms with Crippen molar-refractivity contribution in [3.05, 3.63) is 0 Å². The van der Waals surface area contributed by atoms with Crippen molar-refractivity contribution in [3.63, 3.8) is 0 Å². The summed E-state index contributed by atoms with van der Waals surface area (Å²) >= 11 is 7.58. The smallest absolute Gasteiger partial charge is 0.113 e. The van der Waals surface area contributed by atoms with Crippen LogP contribution in [0.5, 0.6) is 0 Å². The van der Waals surface area contributed by atoms with Crippen LogP contribution in [-0.4, -0.2) is 23.2 Å². The van der Waals surface area contributed by atoms with Crippen LogP contribution in [0.2, 0.25) is 0 Å². The number of thioether (sulfide) groups is 1. The van der Waals surface area contributed by atoms with Crippen LogP contribution in [0.3, 0.4) is 0 Å². The van der Waals surface area contributed by atoms with E-state index in [1.165, 1.54) is 0 Å². The Hall–Kier alpha value is 0.600. The molecule has 0 aromatic carbocycles. The zero-order valence-corrected chi connectivity index (χ0v) is 8.51. The highest BCUT2D eigenvalue weighted by Crippen LogP contribution is 2.39. The molecule has 66 valence electrons. The molecular formula is C8H15ClOS. The first-order chi connectivity index (χ1) is 5.33. The maximum atomic E-state index is 5.70. The van der Waals surface area contributed by atoms with Crippen molar-refractivity contribution in [3.8, 4) is 0 Å². The van der Waals surface area contributed by atoms with Gasteiger partial charge in [0, 0.05) is 11.6 Å².